The predicted octanol–water partition coefficient (Wildman–Crippen LogP) is 2.15. The van der Waals surface area contributed by atoms with Crippen molar-refractivity contribution < 1.29 is 14.3 Å². The Morgan fingerprint density at radius 1 is 1.33 bits per heavy atom. The quantitative estimate of drug-likeness (QED) is 0.583. The molecule has 0 heterocycles. The Morgan fingerprint density at radius 3 is 2.47 bits per heavy atom. The van der Waals surface area contributed by atoms with Crippen LogP contribution in [0.4, 0.5) is 0 Å². The van der Waals surface area contributed by atoms with Gasteiger partial charge in [0.05, 0.1) is 19.8 Å². The van der Waals surface area contributed by atoms with Crippen molar-refractivity contribution in [2.24, 2.45) is 0 Å². The van der Waals surface area contributed by atoms with Crippen LogP contribution in [0, 0.1) is 0 Å². The number of carbonyl (C=O) groups excluding carboxylic acids is 1. The number of carbonyl (C=O) groups is 1. The number of methoxy groups -OCH3 is 2. The van der Waals surface area contributed by atoms with Gasteiger partial charge < -0.3 is 9.47 Å². The number of hydrogen-bond acceptors (Lipinski definition) is 3. The van der Waals surface area contributed by atoms with Crippen molar-refractivity contribution >= 4 is 15.0 Å². The summed E-state index contributed by atoms with van der Waals surface area (Å²) in [7, 11) is 5.60. The largest absolute Gasteiger partial charge is 0.497 e. The van der Waals surface area contributed by atoms with E-state index in [-0.39, 0.29) is 11.4 Å². The minimum absolute atomic E-state index is 0.0412. The topological polar surface area (TPSA) is 35.5 Å². The van der Waals surface area contributed by atoms with Gasteiger partial charge in [-0.1, -0.05) is 6.92 Å². The van der Waals surface area contributed by atoms with E-state index in [1.807, 2.05) is 6.92 Å². The highest BCUT2D eigenvalue weighted by atomic mass is 31.0. The van der Waals surface area contributed by atoms with Gasteiger partial charge in [-0.15, -0.1) is 9.24 Å². The highest BCUT2D eigenvalue weighted by Gasteiger charge is 2.16. The molecule has 0 aromatic heterocycles. The summed E-state index contributed by atoms with van der Waals surface area (Å²) in [6.45, 7) is 1.83. The Morgan fingerprint density at radius 2 is 2.00 bits per heavy atom. The van der Waals surface area contributed by atoms with Crippen LogP contribution in [0.1, 0.15) is 17.3 Å². The van der Waals surface area contributed by atoms with Gasteiger partial charge >= 0.3 is 0 Å². The van der Waals surface area contributed by atoms with Crippen LogP contribution in [0.15, 0.2) is 18.2 Å². The highest BCUT2D eigenvalue weighted by molar-refractivity contribution is 7.19. The van der Waals surface area contributed by atoms with Gasteiger partial charge in [0.2, 0.25) is 0 Å². The monoisotopic (exact) mass is 226 g/mol. The van der Waals surface area contributed by atoms with Gasteiger partial charge in [-0.25, -0.2) is 0 Å². The average molecular weight is 226 g/mol. The van der Waals surface area contributed by atoms with Gasteiger partial charge in [0, 0.05) is 11.7 Å². The first-order valence-electron chi connectivity index (χ1n) is 4.62. The van der Waals surface area contributed by atoms with E-state index >= 15 is 0 Å². The zero-order valence-corrected chi connectivity index (χ0v) is 10.3. The van der Waals surface area contributed by atoms with Crippen LogP contribution in [-0.4, -0.2) is 25.7 Å². The van der Waals surface area contributed by atoms with E-state index in [1.165, 1.54) is 0 Å². The zero-order valence-electron chi connectivity index (χ0n) is 9.11. The summed E-state index contributed by atoms with van der Waals surface area (Å²) in [6.07, 6.45) is 0. The minimum atomic E-state index is -0.118. The van der Waals surface area contributed by atoms with Gasteiger partial charge in [-0.2, -0.15) is 0 Å². The Bertz CT molecular complexity index is 361. The standard InChI is InChI=1S/C11H15O3P/c1-7(15)11(12)9-5-4-8(13-2)6-10(9)14-3/h4-7H,15H2,1-3H3. The SMILES string of the molecule is COc1ccc(C(=O)C(C)P)c(OC)c1. The molecule has 3 nitrogen and oxygen atoms in total. The van der Waals surface area contributed by atoms with Crippen LogP contribution >= 0.6 is 9.24 Å². The summed E-state index contributed by atoms with van der Waals surface area (Å²) in [5, 5.41) is 0. The van der Waals surface area contributed by atoms with E-state index in [2.05, 4.69) is 9.24 Å². The fourth-order valence-corrected chi connectivity index (χ4v) is 1.43. The summed E-state index contributed by atoms with van der Waals surface area (Å²) >= 11 is 0. The first-order valence-corrected chi connectivity index (χ1v) is 5.28. The Kier molecular flexibility index (Phi) is 4.10. The van der Waals surface area contributed by atoms with Crippen molar-refractivity contribution in [2.45, 2.75) is 12.6 Å². The maximum Gasteiger partial charge on any atom is 0.173 e. The zero-order chi connectivity index (χ0) is 11.4. The lowest BCUT2D eigenvalue weighted by molar-refractivity contribution is 0.0990. The number of benzene rings is 1. The number of ether oxygens (including phenoxy) is 2. The van der Waals surface area contributed by atoms with E-state index in [0.29, 0.717) is 17.1 Å². The molecule has 0 saturated heterocycles. The van der Waals surface area contributed by atoms with E-state index in [0.717, 1.165) is 0 Å². The Hall–Kier alpha value is -1.08. The van der Waals surface area contributed by atoms with Crippen molar-refractivity contribution in [3.8, 4) is 11.5 Å². The molecular weight excluding hydrogens is 211 g/mol. The van der Waals surface area contributed by atoms with Crippen LogP contribution in [0.5, 0.6) is 11.5 Å². The van der Waals surface area contributed by atoms with Crippen molar-refractivity contribution in [1.29, 1.82) is 0 Å². The molecule has 0 aliphatic rings. The number of rotatable bonds is 4. The van der Waals surface area contributed by atoms with Crippen LogP contribution in [-0.2, 0) is 0 Å². The third-order valence-electron chi connectivity index (χ3n) is 2.09. The molecule has 0 N–H and O–H groups in total. The average Bonchev–Trinajstić information content (AvgIpc) is 2.27. The molecule has 0 radical (unpaired) electrons. The van der Waals surface area contributed by atoms with Gasteiger partial charge in [0.1, 0.15) is 11.5 Å². The van der Waals surface area contributed by atoms with Crippen LogP contribution in [0.3, 0.4) is 0 Å². The maximum absolute atomic E-state index is 11.8. The van der Waals surface area contributed by atoms with E-state index < -0.39 is 0 Å². The third kappa shape index (κ3) is 2.69. The molecule has 0 aliphatic heterocycles. The van der Waals surface area contributed by atoms with Crippen molar-refractivity contribution in [1.82, 2.24) is 0 Å². The normalized spacial score (nSPS) is 12.0. The summed E-state index contributed by atoms with van der Waals surface area (Å²) in [5.41, 5.74) is 0.466. The fourth-order valence-electron chi connectivity index (χ4n) is 1.25. The molecule has 0 spiro atoms. The lowest BCUT2D eigenvalue weighted by Crippen LogP contribution is -2.11. The minimum Gasteiger partial charge on any atom is -0.497 e. The molecule has 0 fully saturated rings. The molecule has 2 atom stereocenters. The lowest BCUT2D eigenvalue weighted by atomic mass is 10.1. The molecule has 0 aliphatic carbocycles. The molecular formula is C11H15O3P. The second-order valence-electron chi connectivity index (χ2n) is 3.22. The molecule has 1 aromatic carbocycles. The van der Waals surface area contributed by atoms with Gasteiger partial charge in [0.15, 0.2) is 5.78 Å². The lowest BCUT2D eigenvalue weighted by Gasteiger charge is -2.10. The molecule has 0 bridgehead atoms. The molecule has 1 rings (SSSR count). The van der Waals surface area contributed by atoms with Crippen LogP contribution < -0.4 is 9.47 Å². The second-order valence-corrected chi connectivity index (χ2v) is 4.22. The first kappa shape index (κ1) is 12.0. The second kappa shape index (κ2) is 5.13. The van der Waals surface area contributed by atoms with Gasteiger partial charge in [0.25, 0.3) is 0 Å². The fraction of sp³-hybridized carbons (Fsp3) is 0.364. The predicted molar refractivity (Wildman–Crippen MR) is 63.0 cm³/mol. The highest BCUT2D eigenvalue weighted by Crippen LogP contribution is 2.26. The number of hydrogen-bond donors (Lipinski definition) is 0. The van der Waals surface area contributed by atoms with E-state index in [1.54, 1.807) is 32.4 Å². The molecule has 4 heteroatoms. The summed E-state index contributed by atoms with van der Waals surface area (Å²) in [5.74, 6) is 1.27. The number of ketones is 1. The molecule has 2 unspecified atom stereocenters. The van der Waals surface area contributed by atoms with E-state index in [9.17, 15) is 4.79 Å². The van der Waals surface area contributed by atoms with Crippen LogP contribution in [0.2, 0.25) is 0 Å². The smallest absolute Gasteiger partial charge is 0.173 e. The Labute approximate surface area is 92.0 Å². The molecule has 82 valence electrons. The number of Topliss-reactive ketones (excluding diaryl/α,β-unsaturated/α-hetero) is 1. The van der Waals surface area contributed by atoms with E-state index in [4.69, 9.17) is 9.47 Å². The van der Waals surface area contributed by atoms with Crippen LogP contribution in [0.25, 0.3) is 0 Å². The molecule has 1 aromatic rings. The summed E-state index contributed by atoms with van der Waals surface area (Å²) in [4.78, 5) is 11.8. The molecule has 0 saturated carbocycles. The Balaban J connectivity index is 3.13. The van der Waals surface area contributed by atoms with Gasteiger partial charge in [-0.3, -0.25) is 4.79 Å². The summed E-state index contributed by atoms with van der Waals surface area (Å²) < 4.78 is 10.2. The molecule has 15 heavy (non-hydrogen) atoms. The molecule has 0 amide bonds. The van der Waals surface area contributed by atoms with Crippen molar-refractivity contribution in [3.05, 3.63) is 23.8 Å². The van der Waals surface area contributed by atoms with Crippen molar-refractivity contribution in [2.75, 3.05) is 14.2 Å². The maximum atomic E-state index is 11.8. The van der Waals surface area contributed by atoms with Crippen molar-refractivity contribution in [3.63, 3.8) is 0 Å². The first-order chi connectivity index (χ1) is 7.10. The third-order valence-corrected chi connectivity index (χ3v) is 2.39. The van der Waals surface area contributed by atoms with Gasteiger partial charge in [-0.05, 0) is 12.1 Å². The summed E-state index contributed by atoms with van der Waals surface area (Å²) in [6, 6.07) is 5.18.